The van der Waals surface area contributed by atoms with Crippen molar-refractivity contribution in [2.45, 2.75) is 24.8 Å². The molecule has 0 aromatic heterocycles. The van der Waals surface area contributed by atoms with Crippen LogP contribution in [-0.4, -0.2) is 62.1 Å². The minimum Gasteiger partial charge on any atom is -0.383 e. The monoisotopic (exact) mass is 366 g/mol. The van der Waals surface area contributed by atoms with Gasteiger partial charge < -0.3 is 14.5 Å². The van der Waals surface area contributed by atoms with E-state index in [0.29, 0.717) is 13.2 Å². The molecule has 0 radical (unpaired) electrons. The Hall–Kier alpha value is -2.17. The summed E-state index contributed by atoms with van der Waals surface area (Å²) in [5.74, 6) is -0.0945. The molecule has 0 aliphatic carbocycles. The predicted molar refractivity (Wildman–Crippen MR) is 109 cm³/mol. The lowest BCUT2D eigenvalue weighted by atomic mass is 9.89. The lowest BCUT2D eigenvalue weighted by Gasteiger charge is -2.39. The lowest BCUT2D eigenvalue weighted by molar-refractivity contribution is -0.136. The van der Waals surface area contributed by atoms with Crippen LogP contribution in [0.1, 0.15) is 29.9 Å². The zero-order valence-corrected chi connectivity index (χ0v) is 16.4. The summed E-state index contributed by atoms with van der Waals surface area (Å²) in [5, 5.41) is 0. The van der Waals surface area contributed by atoms with Crippen LogP contribution >= 0.6 is 0 Å². The van der Waals surface area contributed by atoms with Gasteiger partial charge in [0.1, 0.15) is 0 Å². The molecule has 0 bridgehead atoms. The van der Waals surface area contributed by atoms with E-state index >= 15 is 0 Å². The van der Waals surface area contributed by atoms with Crippen molar-refractivity contribution in [3.8, 4) is 0 Å². The number of ether oxygens (including phenoxy) is 1. The molecule has 2 aromatic carbocycles. The van der Waals surface area contributed by atoms with Gasteiger partial charge in [-0.05, 0) is 44.1 Å². The maximum Gasteiger partial charge on any atom is 0.234 e. The van der Waals surface area contributed by atoms with Crippen molar-refractivity contribution < 1.29 is 9.53 Å². The molecule has 27 heavy (non-hydrogen) atoms. The number of piperidine rings is 1. The van der Waals surface area contributed by atoms with E-state index in [1.54, 1.807) is 7.11 Å². The summed E-state index contributed by atoms with van der Waals surface area (Å²) in [4.78, 5) is 18.2. The molecule has 4 heteroatoms. The van der Waals surface area contributed by atoms with E-state index in [2.05, 4.69) is 41.1 Å². The average Bonchev–Trinajstić information content (AvgIpc) is 2.71. The van der Waals surface area contributed by atoms with Gasteiger partial charge in [0.25, 0.3) is 0 Å². The van der Waals surface area contributed by atoms with Crippen LogP contribution in [-0.2, 0) is 9.53 Å². The fourth-order valence-electron chi connectivity index (χ4n) is 3.90. The van der Waals surface area contributed by atoms with Crippen LogP contribution in [0.15, 0.2) is 60.7 Å². The zero-order valence-electron chi connectivity index (χ0n) is 16.4. The topological polar surface area (TPSA) is 32.8 Å². The highest BCUT2D eigenvalue weighted by Crippen LogP contribution is 2.29. The molecule has 1 aliphatic heterocycles. The van der Waals surface area contributed by atoms with Gasteiger partial charge in [-0.2, -0.15) is 0 Å². The van der Waals surface area contributed by atoms with Crippen LogP contribution in [0.4, 0.5) is 0 Å². The third kappa shape index (κ3) is 4.96. The lowest BCUT2D eigenvalue weighted by Crippen LogP contribution is -2.49. The van der Waals surface area contributed by atoms with Gasteiger partial charge >= 0.3 is 0 Å². The normalized spacial score (nSPS) is 15.8. The zero-order chi connectivity index (χ0) is 19.1. The molecule has 1 amide bonds. The van der Waals surface area contributed by atoms with Gasteiger partial charge in [-0.1, -0.05) is 60.7 Å². The first-order valence-electron chi connectivity index (χ1n) is 9.78. The first-order valence-corrected chi connectivity index (χ1v) is 9.78. The fraction of sp³-hybridized carbons (Fsp3) is 0.435. The summed E-state index contributed by atoms with van der Waals surface area (Å²) in [6, 6.07) is 20.5. The van der Waals surface area contributed by atoms with Gasteiger partial charge in [0, 0.05) is 19.7 Å². The minimum atomic E-state index is -0.274. The molecule has 2 aromatic rings. The molecule has 4 nitrogen and oxygen atoms in total. The Balaban J connectivity index is 1.91. The van der Waals surface area contributed by atoms with E-state index in [1.165, 1.54) is 0 Å². The first kappa shape index (κ1) is 19.6. The molecule has 144 valence electrons. The van der Waals surface area contributed by atoms with Gasteiger partial charge in [-0.3, -0.25) is 4.79 Å². The van der Waals surface area contributed by atoms with E-state index in [0.717, 1.165) is 37.1 Å². The second-order valence-corrected chi connectivity index (χ2v) is 7.31. The number of hydrogen-bond acceptors (Lipinski definition) is 3. The number of likely N-dealkylation sites (tertiary alicyclic amines) is 1. The van der Waals surface area contributed by atoms with Gasteiger partial charge in [-0.15, -0.1) is 0 Å². The SMILES string of the molecule is COCCN(C(=O)C(c1ccccc1)c1ccccc1)C1CCN(C)CC1. The van der Waals surface area contributed by atoms with E-state index in [9.17, 15) is 4.79 Å². The van der Waals surface area contributed by atoms with Crippen LogP contribution in [0.25, 0.3) is 0 Å². The van der Waals surface area contributed by atoms with Gasteiger partial charge in [0.15, 0.2) is 0 Å². The van der Waals surface area contributed by atoms with Crippen LogP contribution in [0, 0.1) is 0 Å². The van der Waals surface area contributed by atoms with E-state index in [-0.39, 0.29) is 17.9 Å². The molecular weight excluding hydrogens is 336 g/mol. The summed E-state index contributed by atoms with van der Waals surface area (Å²) < 4.78 is 5.32. The molecule has 1 saturated heterocycles. The Kier molecular flexibility index (Phi) is 7.02. The molecule has 0 unspecified atom stereocenters. The molecule has 3 rings (SSSR count). The molecule has 1 fully saturated rings. The maximum atomic E-state index is 13.8. The van der Waals surface area contributed by atoms with Crippen LogP contribution in [0.2, 0.25) is 0 Å². The van der Waals surface area contributed by atoms with E-state index < -0.39 is 0 Å². The number of methoxy groups -OCH3 is 1. The predicted octanol–water partition coefficient (Wildman–Crippen LogP) is 3.39. The number of hydrogen-bond donors (Lipinski definition) is 0. The molecular formula is C23H30N2O2. The number of nitrogens with zero attached hydrogens (tertiary/aromatic N) is 2. The summed E-state index contributed by atoms with van der Waals surface area (Å²) in [6.07, 6.45) is 2.03. The molecule has 1 heterocycles. The van der Waals surface area contributed by atoms with Crippen molar-refractivity contribution in [2.75, 3.05) is 40.4 Å². The third-order valence-electron chi connectivity index (χ3n) is 5.46. The third-order valence-corrected chi connectivity index (χ3v) is 5.46. The quantitative estimate of drug-likeness (QED) is 0.753. The Morgan fingerprint density at radius 1 is 1.04 bits per heavy atom. The summed E-state index contributed by atoms with van der Waals surface area (Å²) in [6.45, 7) is 3.26. The van der Waals surface area contributed by atoms with Crippen LogP contribution in [0.3, 0.4) is 0 Å². The first-order chi connectivity index (χ1) is 13.2. The van der Waals surface area contributed by atoms with Crippen molar-refractivity contribution in [2.24, 2.45) is 0 Å². The number of rotatable bonds is 7. The number of benzene rings is 2. The van der Waals surface area contributed by atoms with Crippen molar-refractivity contribution in [3.63, 3.8) is 0 Å². The van der Waals surface area contributed by atoms with Gasteiger partial charge in [0.2, 0.25) is 5.91 Å². The largest absolute Gasteiger partial charge is 0.383 e. The van der Waals surface area contributed by atoms with Gasteiger partial charge in [-0.25, -0.2) is 0 Å². The van der Waals surface area contributed by atoms with E-state index in [1.807, 2.05) is 36.4 Å². The Bertz CT molecular complexity index is 657. The Labute approximate surface area is 162 Å². The summed E-state index contributed by atoms with van der Waals surface area (Å²) in [7, 11) is 3.84. The number of carbonyl (C=O) groups is 1. The second kappa shape index (κ2) is 9.67. The standard InChI is InChI=1S/C23H30N2O2/c1-24-15-13-21(14-16-24)25(17-18-27-2)23(26)22(19-9-5-3-6-10-19)20-11-7-4-8-12-20/h3-12,21-22H,13-18H2,1-2H3. The highest BCUT2D eigenvalue weighted by molar-refractivity contribution is 5.87. The molecule has 0 spiro atoms. The van der Waals surface area contributed by atoms with Crippen molar-refractivity contribution in [1.82, 2.24) is 9.80 Å². The highest BCUT2D eigenvalue weighted by Gasteiger charge is 2.32. The fourth-order valence-corrected chi connectivity index (χ4v) is 3.90. The molecule has 0 saturated carbocycles. The molecule has 0 N–H and O–H groups in total. The Morgan fingerprint density at radius 3 is 2.04 bits per heavy atom. The van der Waals surface area contributed by atoms with Crippen LogP contribution in [0.5, 0.6) is 0 Å². The van der Waals surface area contributed by atoms with Crippen LogP contribution < -0.4 is 0 Å². The maximum absolute atomic E-state index is 13.8. The average molecular weight is 367 g/mol. The Morgan fingerprint density at radius 2 is 1.56 bits per heavy atom. The smallest absolute Gasteiger partial charge is 0.234 e. The number of carbonyl (C=O) groups excluding carboxylic acids is 1. The minimum absolute atomic E-state index is 0.180. The van der Waals surface area contributed by atoms with Gasteiger partial charge in [0.05, 0.1) is 12.5 Å². The second-order valence-electron chi connectivity index (χ2n) is 7.31. The molecule has 0 atom stereocenters. The summed E-state index contributed by atoms with van der Waals surface area (Å²) in [5.41, 5.74) is 2.09. The van der Waals surface area contributed by atoms with E-state index in [4.69, 9.17) is 4.74 Å². The molecule has 1 aliphatic rings. The van der Waals surface area contributed by atoms with Crippen molar-refractivity contribution >= 4 is 5.91 Å². The van der Waals surface area contributed by atoms with Crippen molar-refractivity contribution in [3.05, 3.63) is 71.8 Å². The number of amides is 1. The summed E-state index contributed by atoms with van der Waals surface area (Å²) >= 11 is 0. The highest BCUT2D eigenvalue weighted by atomic mass is 16.5. The van der Waals surface area contributed by atoms with Crippen molar-refractivity contribution in [1.29, 1.82) is 0 Å².